The van der Waals surface area contributed by atoms with Crippen molar-refractivity contribution in [3.8, 4) is 23.0 Å². The SMILES string of the molecule is Cc1ccc(-c2ccc(C#Cc3ccccc3)cc2)cc1. The third-order valence-corrected chi connectivity index (χ3v) is 3.39. The zero-order valence-electron chi connectivity index (χ0n) is 12.0. The van der Waals surface area contributed by atoms with E-state index in [2.05, 4.69) is 67.3 Å². The molecule has 100 valence electrons. The Bertz CT molecular complexity index is 767. The quantitative estimate of drug-likeness (QED) is 0.541. The van der Waals surface area contributed by atoms with Crippen molar-refractivity contribution in [2.24, 2.45) is 0 Å². The first kappa shape index (κ1) is 13.2. The van der Waals surface area contributed by atoms with Gasteiger partial charge < -0.3 is 0 Å². The topological polar surface area (TPSA) is 0 Å². The van der Waals surface area contributed by atoms with Crippen LogP contribution in [-0.2, 0) is 0 Å². The molecule has 0 aliphatic carbocycles. The largest absolute Gasteiger partial charge is 0.0622 e. The van der Waals surface area contributed by atoms with Gasteiger partial charge in [0.15, 0.2) is 0 Å². The van der Waals surface area contributed by atoms with Crippen LogP contribution in [0.5, 0.6) is 0 Å². The minimum Gasteiger partial charge on any atom is -0.0622 e. The number of aryl methyl sites for hydroxylation is 1. The van der Waals surface area contributed by atoms with Crippen molar-refractivity contribution in [1.29, 1.82) is 0 Å². The van der Waals surface area contributed by atoms with Crippen molar-refractivity contribution in [2.75, 3.05) is 0 Å². The first-order chi connectivity index (χ1) is 10.3. The van der Waals surface area contributed by atoms with E-state index in [0.29, 0.717) is 0 Å². The summed E-state index contributed by atoms with van der Waals surface area (Å²) in [5.41, 5.74) is 5.82. The smallest absolute Gasteiger partial charge is 0.0249 e. The first-order valence-electron chi connectivity index (χ1n) is 7.05. The van der Waals surface area contributed by atoms with Crippen molar-refractivity contribution >= 4 is 0 Å². The van der Waals surface area contributed by atoms with Crippen LogP contribution >= 0.6 is 0 Å². The van der Waals surface area contributed by atoms with Crippen LogP contribution in [0.25, 0.3) is 11.1 Å². The highest BCUT2D eigenvalue weighted by Gasteiger charge is 1.96. The molecule has 3 aromatic carbocycles. The van der Waals surface area contributed by atoms with Crippen LogP contribution in [-0.4, -0.2) is 0 Å². The van der Waals surface area contributed by atoms with E-state index < -0.39 is 0 Å². The molecule has 0 fully saturated rings. The van der Waals surface area contributed by atoms with Crippen LogP contribution < -0.4 is 0 Å². The Morgan fingerprint density at radius 1 is 0.524 bits per heavy atom. The summed E-state index contributed by atoms with van der Waals surface area (Å²) in [4.78, 5) is 0. The zero-order valence-corrected chi connectivity index (χ0v) is 12.0. The van der Waals surface area contributed by atoms with Crippen LogP contribution in [0.15, 0.2) is 78.9 Å². The summed E-state index contributed by atoms with van der Waals surface area (Å²) >= 11 is 0. The Kier molecular flexibility index (Phi) is 3.85. The minimum atomic E-state index is 1.04. The molecule has 0 bridgehead atoms. The van der Waals surface area contributed by atoms with Crippen LogP contribution in [0.4, 0.5) is 0 Å². The molecule has 0 nitrogen and oxygen atoms in total. The third-order valence-electron chi connectivity index (χ3n) is 3.39. The van der Waals surface area contributed by atoms with Gasteiger partial charge in [-0.05, 0) is 42.3 Å². The van der Waals surface area contributed by atoms with E-state index in [0.717, 1.165) is 11.1 Å². The maximum absolute atomic E-state index is 3.20. The van der Waals surface area contributed by atoms with E-state index in [4.69, 9.17) is 0 Å². The Morgan fingerprint density at radius 3 is 1.57 bits per heavy atom. The second-order valence-corrected chi connectivity index (χ2v) is 5.06. The highest BCUT2D eigenvalue weighted by atomic mass is 14.0. The highest BCUT2D eigenvalue weighted by Crippen LogP contribution is 2.20. The number of rotatable bonds is 1. The molecule has 0 aromatic heterocycles. The summed E-state index contributed by atoms with van der Waals surface area (Å²) in [5.74, 6) is 6.38. The monoisotopic (exact) mass is 268 g/mol. The summed E-state index contributed by atoms with van der Waals surface area (Å²) in [5, 5.41) is 0. The zero-order chi connectivity index (χ0) is 14.5. The lowest BCUT2D eigenvalue weighted by atomic mass is 10.0. The van der Waals surface area contributed by atoms with Crippen LogP contribution in [0.2, 0.25) is 0 Å². The molecule has 0 saturated carbocycles. The van der Waals surface area contributed by atoms with Gasteiger partial charge in [-0.3, -0.25) is 0 Å². The van der Waals surface area contributed by atoms with Gasteiger partial charge in [0.1, 0.15) is 0 Å². The normalized spacial score (nSPS) is 9.76. The molecule has 0 saturated heterocycles. The van der Waals surface area contributed by atoms with Gasteiger partial charge in [0.25, 0.3) is 0 Å². The van der Waals surface area contributed by atoms with E-state index in [9.17, 15) is 0 Å². The standard InChI is InChI=1S/C21H16/c1-17-7-13-20(14-8-17)21-15-11-19(12-16-21)10-9-18-5-3-2-4-6-18/h2-8,11-16H,1H3. The molecule has 0 N–H and O–H groups in total. The summed E-state index contributed by atoms with van der Waals surface area (Å²) in [7, 11) is 0. The van der Waals surface area contributed by atoms with E-state index in [1.165, 1.54) is 16.7 Å². The van der Waals surface area contributed by atoms with Crippen LogP contribution in [0, 0.1) is 18.8 Å². The van der Waals surface area contributed by atoms with Gasteiger partial charge in [0.2, 0.25) is 0 Å². The predicted molar refractivity (Wildman–Crippen MR) is 89.0 cm³/mol. The molecule has 0 aliphatic rings. The lowest BCUT2D eigenvalue weighted by molar-refractivity contribution is 1.47. The average molecular weight is 268 g/mol. The molecule has 0 heterocycles. The van der Waals surface area contributed by atoms with Gasteiger partial charge in [-0.25, -0.2) is 0 Å². The van der Waals surface area contributed by atoms with Gasteiger partial charge in [-0.2, -0.15) is 0 Å². The fourth-order valence-corrected chi connectivity index (χ4v) is 2.16. The van der Waals surface area contributed by atoms with E-state index >= 15 is 0 Å². The Hall–Kier alpha value is -2.78. The lowest BCUT2D eigenvalue weighted by Gasteiger charge is -2.02. The Labute approximate surface area is 126 Å². The van der Waals surface area contributed by atoms with Crippen molar-refractivity contribution in [3.05, 3.63) is 95.6 Å². The molecule has 0 amide bonds. The molecule has 0 heteroatoms. The molecule has 0 radical (unpaired) electrons. The summed E-state index contributed by atoms with van der Waals surface area (Å²) in [6.45, 7) is 2.10. The third kappa shape index (κ3) is 3.41. The maximum atomic E-state index is 3.20. The highest BCUT2D eigenvalue weighted by molar-refractivity contribution is 5.64. The maximum Gasteiger partial charge on any atom is 0.0249 e. The van der Waals surface area contributed by atoms with Crippen LogP contribution in [0.1, 0.15) is 16.7 Å². The minimum absolute atomic E-state index is 1.04. The van der Waals surface area contributed by atoms with Gasteiger partial charge in [0, 0.05) is 11.1 Å². The molecule has 0 spiro atoms. The van der Waals surface area contributed by atoms with Gasteiger partial charge >= 0.3 is 0 Å². The molecular formula is C21H16. The number of hydrogen-bond acceptors (Lipinski definition) is 0. The molecule has 0 unspecified atom stereocenters. The van der Waals surface area contributed by atoms with E-state index in [1.807, 2.05) is 30.3 Å². The van der Waals surface area contributed by atoms with Crippen molar-refractivity contribution in [2.45, 2.75) is 6.92 Å². The molecule has 0 atom stereocenters. The van der Waals surface area contributed by atoms with Gasteiger partial charge in [-0.15, -0.1) is 0 Å². The molecule has 21 heavy (non-hydrogen) atoms. The lowest BCUT2D eigenvalue weighted by Crippen LogP contribution is -1.80. The van der Waals surface area contributed by atoms with E-state index in [-0.39, 0.29) is 0 Å². The molecule has 0 aliphatic heterocycles. The van der Waals surface area contributed by atoms with Gasteiger partial charge in [-0.1, -0.05) is 72.0 Å². The first-order valence-corrected chi connectivity index (χ1v) is 7.05. The van der Waals surface area contributed by atoms with Crippen LogP contribution in [0.3, 0.4) is 0 Å². The van der Waals surface area contributed by atoms with Gasteiger partial charge in [0.05, 0.1) is 0 Å². The predicted octanol–water partition coefficient (Wildman–Crippen LogP) is 5.06. The van der Waals surface area contributed by atoms with E-state index in [1.54, 1.807) is 0 Å². The summed E-state index contributed by atoms with van der Waals surface area (Å²) in [6, 6.07) is 27.0. The summed E-state index contributed by atoms with van der Waals surface area (Å²) < 4.78 is 0. The molecule has 3 rings (SSSR count). The van der Waals surface area contributed by atoms with Crippen molar-refractivity contribution < 1.29 is 0 Å². The fourth-order valence-electron chi connectivity index (χ4n) is 2.16. The second kappa shape index (κ2) is 6.11. The van der Waals surface area contributed by atoms with Crippen molar-refractivity contribution in [3.63, 3.8) is 0 Å². The Balaban J connectivity index is 1.82. The van der Waals surface area contributed by atoms with Crippen molar-refractivity contribution in [1.82, 2.24) is 0 Å². The Morgan fingerprint density at radius 2 is 1.00 bits per heavy atom. The fraction of sp³-hybridized carbons (Fsp3) is 0.0476. The average Bonchev–Trinajstić information content (AvgIpc) is 2.55. The second-order valence-electron chi connectivity index (χ2n) is 5.06. The molecular weight excluding hydrogens is 252 g/mol. The number of benzene rings is 3. The number of hydrogen-bond donors (Lipinski definition) is 0. The molecule has 3 aromatic rings. The summed E-state index contributed by atoms with van der Waals surface area (Å²) in [6.07, 6.45) is 0.